The van der Waals surface area contributed by atoms with Crippen LogP contribution in [-0.4, -0.2) is 66.0 Å². The number of methoxy groups -OCH3 is 1. The molecule has 0 unspecified atom stereocenters. The van der Waals surface area contributed by atoms with Crippen LogP contribution in [-0.2, 0) is 15.1 Å². The van der Waals surface area contributed by atoms with Crippen LogP contribution in [0.3, 0.4) is 0 Å². The van der Waals surface area contributed by atoms with Crippen molar-refractivity contribution in [1.82, 2.24) is 10.2 Å². The zero-order valence-corrected chi connectivity index (χ0v) is 23.9. The molecule has 2 aromatic rings. The third-order valence-electron chi connectivity index (χ3n) is 8.17. The number of hydrogen-bond acceptors (Lipinski definition) is 7. The zero-order chi connectivity index (χ0) is 28.9. The lowest BCUT2D eigenvalue weighted by atomic mass is 9.73. The molecule has 1 saturated heterocycles. The maximum atomic E-state index is 13.4. The van der Waals surface area contributed by atoms with E-state index in [9.17, 15) is 19.8 Å². The standard InChI is InChI=1S/C30H40ClN3O6/c1-19-7-3-9-22(15-19)40-27-23(10-4-11-24(27)31)30(38,12-6-13-33-29(37)39-2)21-8-5-14-34(18-21)28(36)20-16-25(32)26(35)17-20/h3-4,7,9-11,15,20-21,25-26,35,38H,5-6,8,12-14,16-18,32H2,1-2H3,(H,33,37)/t20-,21+,25+,26-,30-/m0/s1. The molecule has 2 fully saturated rings. The van der Waals surface area contributed by atoms with Gasteiger partial charge in [-0.3, -0.25) is 4.79 Å². The van der Waals surface area contributed by atoms with Gasteiger partial charge in [0.1, 0.15) is 5.75 Å². The second-order valence-corrected chi connectivity index (χ2v) is 11.4. The van der Waals surface area contributed by atoms with Gasteiger partial charge in [-0.15, -0.1) is 0 Å². The fourth-order valence-corrected chi connectivity index (χ4v) is 6.22. The van der Waals surface area contributed by atoms with Gasteiger partial charge in [-0.25, -0.2) is 4.79 Å². The van der Waals surface area contributed by atoms with E-state index in [0.717, 1.165) is 12.0 Å². The number of para-hydroxylation sites is 1. The molecule has 1 aliphatic carbocycles. The lowest BCUT2D eigenvalue weighted by Gasteiger charge is -2.44. The lowest BCUT2D eigenvalue weighted by Crippen LogP contribution is -2.49. The van der Waals surface area contributed by atoms with Crippen molar-refractivity contribution in [2.45, 2.75) is 63.2 Å². The number of aryl methyl sites for hydroxylation is 1. The number of nitrogens with one attached hydrogen (secondary N) is 1. The highest BCUT2D eigenvalue weighted by Gasteiger charge is 2.45. The molecule has 1 saturated carbocycles. The van der Waals surface area contributed by atoms with Gasteiger partial charge in [0.25, 0.3) is 0 Å². The number of benzene rings is 2. The highest BCUT2D eigenvalue weighted by Crippen LogP contribution is 2.47. The van der Waals surface area contributed by atoms with Gasteiger partial charge in [-0.2, -0.15) is 0 Å². The second-order valence-electron chi connectivity index (χ2n) is 11.0. The van der Waals surface area contributed by atoms with Crippen LogP contribution < -0.4 is 15.8 Å². The van der Waals surface area contributed by atoms with Crippen molar-refractivity contribution in [1.29, 1.82) is 0 Å². The third-order valence-corrected chi connectivity index (χ3v) is 8.46. The molecule has 40 heavy (non-hydrogen) atoms. The number of hydrogen-bond donors (Lipinski definition) is 4. The van der Waals surface area contributed by atoms with Crippen LogP contribution in [0.5, 0.6) is 11.5 Å². The lowest BCUT2D eigenvalue weighted by molar-refractivity contribution is -0.141. The molecule has 0 spiro atoms. The number of piperidine rings is 1. The molecule has 2 aromatic carbocycles. The van der Waals surface area contributed by atoms with Crippen LogP contribution in [0.25, 0.3) is 0 Å². The molecule has 4 rings (SSSR count). The second kappa shape index (κ2) is 13.2. The molecule has 5 atom stereocenters. The van der Waals surface area contributed by atoms with Gasteiger partial charge in [-0.1, -0.05) is 35.9 Å². The van der Waals surface area contributed by atoms with E-state index < -0.39 is 23.8 Å². The number of carbonyl (C=O) groups is 2. The highest BCUT2D eigenvalue weighted by molar-refractivity contribution is 6.32. The molecule has 9 nitrogen and oxygen atoms in total. The summed E-state index contributed by atoms with van der Waals surface area (Å²) in [6.45, 7) is 3.20. The molecular weight excluding hydrogens is 534 g/mol. The molecule has 10 heteroatoms. The van der Waals surface area contributed by atoms with Crippen LogP contribution in [0.1, 0.15) is 49.7 Å². The van der Waals surface area contributed by atoms with Crippen molar-refractivity contribution in [2.24, 2.45) is 17.6 Å². The largest absolute Gasteiger partial charge is 0.455 e. The van der Waals surface area contributed by atoms with Gasteiger partial charge in [0.15, 0.2) is 5.75 Å². The smallest absolute Gasteiger partial charge is 0.406 e. The molecule has 1 aliphatic heterocycles. The fraction of sp³-hybridized carbons (Fsp3) is 0.533. The molecule has 0 radical (unpaired) electrons. The quantitative estimate of drug-likeness (QED) is 0.332. The van der Waals surface area contributed by atoms with Crippen molar-refractivity contribution >= 4 is 23.6 Å². The average Bonchev–Trinajstić information content (AvgIpc) is 3.29. The van der Waals surface area contributed by atoms with E-state index >= 15 is 0 Å². The Morgan fingerprint density at radius 3 is 2.70 bits per heavy atom. The van der Waals surface area contributed by atoms with Crippen molar-refractivity contribution in [3.05, 3.63) is 58.6 Å². The predicted molar refractivity (Wildman–Crippen MR) is 152 cm³/mol. The summed E-state index contributed by atoms with van der Waals surface area (Å²) in [5.41, 5.74) is 6.14. The zero-order valence-electron chi connectivity index (χ0n) is 23.1. The predicted octanol–water partition coefficient (Wildman–Crippen LogP) is 4.10. The van der Waals surface area contributed by atoms with E-state index in [1.807, 2.05) is 37.3 Å². The number of alkyl carbamates (subject to hydrolysis) is 1. The van der Waals surface area contributed by atoms with Crippen LogP contribution in [0.4, 0.5) is 4.79 Å². The first kappa shape index (κ1) is 30.1. The van der Waals surface area contributed by atoms with Gasteiger partial charge in [0.2, 0.25) is 5.91 Å². The van der Waals surface area contributed by atoms with Gasteiger partial charge in [0.05, 0.1) is 23.8 Å². The molecular formula is C30H40ClN3O6. The van der Waals surface area contributed by atoms with Gasteiger partial charge in [0, 0.05) is 43.1 Å². The molecule has 0 bridgehead atoms. The Bertz CT molecular complexity index is 1190. The topological polar surface area (TPSA) is 134 Å². The first-order valence-corrected chi connectivity index (χ1v) is 14.3. The van der Waals surface area contributed by atoms with Crippen molar-refractivity contribution in [3.8, 4) is 11.5 Å². The maximum Gasteiger partial charge on any atom is 0.406 e. The molecule has 5 N–H and O–H groups in total. The number of nitrogens with zero attached hydrogens (tertiary/aromatic N) is 1. The summed E-state index contributed by atoms with van der Waals surface area (Å²) in [5.74, 6) is 0.287. The number of amides is 2. The van der Waals surface area contributed by atoms with E-state index in [-0.39, 0.29) is 17.7 Å². The molecule has 0 aromatic heterocycles. The van der Waals surface area contributed by atoms with Crippen molar-refractivity contribution in [3.63, 3.8) is 0 Å². The first-order valence-electron chi connectivity index (χ1n) is 13.9. The van der Waals surface area contributed by atoms with E-state index in [4.69, 9.17) is 22.1 Å². The number of carbonyl (C=O) groups excluding carboxylic acids is 2. The number of rotatable bonds is 9. The number of aliphatic hydroxyl groups excluding tert-OH is 1. The number of aliphatic hydroxyl groups is 2. The maximum absolute atomic E-state index is 13.4. The third kappa shape index (κ3) is 6.89. The van der Waals surface area contributed by atoms with Crippen molar-refractivity contribution < 1.29 is 29.3 Å². The molecule has 2 amide bonds. The number of halogens is 1. The highest BCUT2D eigenvalue weighted by atomic mass is 35.5. The minimum Gasteiger partial charge on any atom is -0.455 e. The minimum atomic E-state index is -1.41. The Kier molecular flexibility index (Phi) is 9.94. The number of nitrogens with two attached hydrogens (primary N) is 1. The van der Waals surface area contributed by atoms with Crippen molar-refractivity contribution in [2.75, 3.05) is 26.7 Å². The summed E-state index contributed by atoms with van der Waals surface area (Å²) in [7, 11) is 1.30. The summed E-state index contributed by atoms with van der Waals surface area (Å²) in [5, 5.41) is 25.7. The minimum absolute atomic E-state index is 0.0336. The monoisotopic (exact) mass is 573 g/mol. The number of ether oxygens (including phenoxy) is 2. The van der Waals surface area contributed by atoms with Crippen LogP contribution in [0.15, 0.2) is 42.5 Å². The summed E-state index contributed by atoms with van der Waals surface area (Å²) in [6.07, 6.45) is 1.74. The Hall–Kier alpha value is -2.85. The van der Waals surface area contributed by atoms with Gasteiger partial charge in [-0.05, 0) is 69.2 Å². The van der Waals surface area contributed by atoms with Crippen LogP contribution >= 0.6 is 11.6 Å². The Balaban J connectivity index is 1.64. The summed E-state index contributed by atoms with van der Waals surface area (Å²) < 4.78 is 11.0. The van der Waals surface area contributed by atoms with E-state index in [1.54, 1.807) is 17.0 Å². The first-order chi connectivity index (χ1) is 19.1. The summed E-state index contributed by atoms with van der Waals surface area (Å²) in [4.78, 5) is 26.9. The van der Waals surface area contributed by atoms with E-state index in [0.29, 0.717) is 73.8 Å². The van der Waals surface area contributed by atoms with Crippen LogP contribution in [0.2, 0.25) is 5.02 Å². The number of likely N-dealkylation sites (tertiary alicyclic amines) is 1. The summed E-state index contributed by atoms with van der Waals surface area (Å²) in [6, 6.07) is 12.5. The normalized spacial score (nSPS) is 24.3. The fourth-order valence-electron chi connectivity index (χ4n) is 6.00. The average molecular weight is 574 g/mol. The Labute approximate surface area is 240 Å². The van der Waals surface area contributed by atoms with E-state index in [1.165, 1.54) is 7.11 Å². The SMILES string of the molecule is COC(=O)NCCC[C@@](O)(c1cccc(Cl)c1Oc1cccc(C)c1)[C@@H]1CCCN(C(=O)[C@H]2C[C@@H](N)[C@@H](O)C2)C1. The van der Waals surface area contributed by atoms with Gasteiger partial charge < -0.3 is 35.6 Å². The molecule has 2 aliphatic rings. The van der Waals surface area contributed by atoms with Crippen LogP contribution in [0, 0.1) is 18.8 Å². The molecule has 1 heterocycles. The Morgan fingerprint density at radius 1 is 1.23 bits per heavy atom. The Morgan fingerprint density at radius 2 is 2.00 bits per heavy atom. The summed E-state index contributed by atoms with van der Waals surface area (Å²) >= 11 is 6.67. The molecule has 218 valence electrons. The van der Waals surface area contributed by atoms with Gasteiger partial charge >= 0.3 is 6.09 Å². The van der Waals surface area contributed by atoms with E-state index in [2.05, 4.69) is 10.1 Å².